The summed E-state index contributed by atoms with van der Waals surface area (Å²) >= 11 is 5.54. The van der Waals surface area contributed by atoms with E-state index in [0.717, 1.165) is 29.8 Å². The first-order valence-electron chi connectivity index (χ1n) is 7.27. The summed E-state index contributed by atoms with van der Waals surface area (Å²) in [6, 6.07) is 4.75. The van der Waals surface area contributed by atoms with Gasteiger partial charge in [-0.15, -0.1) is 0 Å². The van der Waals surface area contributed by atoms with Gasteiger partial charge in [-0.25, -0.2) is 0 Å². The molecule has 0 bridgehead atoms. The second-order valence-electron chi connectivity index (χ2n) is 5.15. The molecular formula is C16H26BrNOS. The summed E-state index contributed by atoms with van der Waals surface area (Å²) in [7, 11) is 0. The van der Waals surface area contributed by atoms with Crippen LogP contribution in [0, 0.1) is 6.92 Å². The molecule has 20 heavy (non-hydrogen) atoms. The van der Waals surface area contributed by atoms with Crippen molar-refractivity contribution in [1.29, 1.82) is 0 Å². The van der Waals surface area contributed by atoms with Gasteiger partial charge in [-0.1, -0.05) is 36.7 Å². The summed E-state index contributed by atoms with van der Waals surface area (Å²) in [5, 5.41) is 3.46. The lowest BCUT2D eigenvalue weighted by atomic mass is 10.1. The van der Waals surface area contributed by atoms with E-state index in [1.165, 1.54) is 22.6 Å². The van der Waals surface area contributed by atoms with Crippen molar-refractivity contribution in [2.75, 3.05) is 18.1 Å². The Balaban J connectivity index is 2.66. The highest BCUT2D eigenvalue weighted by Crippen LogP contribution is 2.28. The predicted molar refractivity (Wildman–Crippen MR) is 94.0 cm³/mol. The van der Waals surface area contributed by atoms with Crippen LogP contribution in [0.4, 0.5) is 0 Å². The van der Waals surface area contributed by atoms with Crippen LogP contribution in [0.2, 0.25) is 0 Å². The summed E-state index contributed by atoms with van der Waals surface area (Å²) in [6.07, 6.45) is 1.10. The number of hydrogen-bond acceptors (Lipinski definition) is 3. The van der Waals surface area contributed by atoms with Crippen LogP contribution in [0.3, 0.4) is 0 Å². The second kappa shape index (κ2) is 9.69. The quantitative estimate of drug-likeness (QED) is 0.641. The van der Waals surface area contributed by atoms with Crippen LogP contribution in [-0.4, -0.2) is 24.2 Å². The van der Waals surface area contributed by atoms with E-state index in [1.807, 2.05) is 11.8 Å². The predicted octanol–water partition coefficient (Wildman–Crippen LogP) is 4.78. The molecule has 4 heteroatoms. The summed E-state index contributed by atoms with van der Waals surface area (Å²) in [5.41, 5.74) is 2.43. The molecule has 1 aromatic carbocycles. The first kappa shape index (κ1) is 17.9. The maximum Gasteiger partial charge on any atom is 0.126 e. The number of nitrogens with one attached hydrogen (secondary N) is 1. The average Bonchev–Trinajstić information content (AvgIpc) is 2.38. The molecule has 1 rings (SSSR count). The van der Waals surface area contributed by atoms with Gasteiger partial charge in [0.1, 0.15) is 5.75 Å². The van der Waals surface area contributed by atoms with Crippen LogP contribution in [0.1, 0.15) is 38.3 Å². The number of thioether (sulfide) groups is 1. The van der Waals surface area contributed by atoms with Crippen molar-refractivity contribution in [1.82, 2.24) is 5.32 Å². The van der Waals surface area contributed by atoms with E-state index < -0.39 is 0 Å². The standard InChI is InChI=1S/C16H26BrNOS/c1-5-20-8-6-7-19-16-13(4)9-15(17)10-14(16)11-18-12(2)3/h9-10,12,18H,5-8,11H2,1-4H3. The molecule has 1 aromatic rings. The van der Waals surface area contributed by atoms with E-state index in [4.69, 9.17) is 4.74 Å². The van der Waals surface area contributed by atoms with Crippen molar-refractivity contribution < 1.29 is 4.74 Å². The molecule has 0 saturated heterocycles. The van der Waals surface area contributed by atoms with Gasteiger partial charge in [-0.3, -0.25) is 0 Å². The molecule has 0 aliphatic rings. The van der Waals surface area contributed by atoms with Crippen LogP contribution >= 0.6 is 27.7 Å². The summed E-state index contributed by atoms with van der Waals surface area (Å²) < 4.78 is 7.14. The minimum atomic E-state index is 0.475. The fourth-order valence-electron chi connectivity index (χ4n) is 1.93. The molecule has 0 unspecified atom stereocenters. The summed E-state index contributed by atoms with van der Waals surface area (Å²) in [6.45, 7) is 10.3. The Kier molecular flexibility index (Phi) is 8.66. The molecule has 1 N–H and O–H groups in total. The fraction of sp³-hybridized carbons (Fsp3) is 0.625. The minimum Gasteiger partial charge on any atom is -0.493 e. The number of aryl methyl sites for hydroxylation is 1. The Labute approximate surface area is 136 Å². The number of rotatable bonds is 9. The van der Waals surface area contributed by atoms with Gasteiger partial charge in [0.25, 0.3) is 0 Å². The Morgan fingerprint density at radius 3 is 2.75 bits per heavy atom. The SMILES string of the molecule is CCSCCCOc1c(C)cc(Br)cc1CNC(C)C. The molecule has 0 radical (unpaired) electrons. The van der Waals surface area contributed by atoms with Gasteiger partial charge in [-0.2, -0.15) is 11.8 Å². The van der Waals surface area contributed by atoms with E-state index >= 15 is 0 Å². The summed E-state index contributed by atoms with van der Waals surface area (Å²) in [5.74, 6) is 3.40. The Morgan fingerprint density at radius 2 is 2.10 bits per heavy atom. The lowest BCUT2D eigenvalue weighted by Crippen LogP contribution is -2.22. The van der Waals surface area contributed by atoms with Gasteiger partial charge in [-0.05, 0) is 42.5 Å². The third kappa shape index (κ3) is 6.51. The Morgan fingerprint density at radius 1 is 1.35 bits per heavy atom. The molecule has 114 valence electrons. The molecule has 2 nitrogen and oxygen atoms in total. The van der Waals surface area contributed by atoms with E-state index in [0.29, 0.717) is 6.04 Å². The molecule has 0 amide bonds. The van der Waals surface area contributed by atoms with Crippen LogP contribution in [0.15, 0.2) is 16.6 Å². The maximum atomic E-state index is 6.03. The molecular weight excluding hydrogens is 334 g/mol. The Hall–Kier alpha value is -0.190. The monoisotopic (exact) mass is 359 g/mol. The topological polar surface area (TPSA) is 21.3 Å². The largest absolute Gasteiger partial charge is 0.493 e. The number of halogens is 1. The van der Waals surface area contributed by atoms with Crippen molar-refractivity contribution in [2.24, 2.45) is 0 Å². The minimum absolute atomic E-state index is 0.475. The van der Waals surface area contributed by atoms with Crippen molar-refractivity contribution in [2.45, 2.75) is 46.7 Å². The fourth-order valence-corrected chi connectivity index (χ4v) is 3.16. The van der Waals surface area contributed by atoms with Crippen LogP contribution in [0.5, 0.6) is 5.75 Å². The van der Waals surface area contributed by atoms with Gasteiger partial charge < -0.3 is 10.1 Å². The molecule has 0 heterocycles. The number of benzene rings is 1. The van der Waals surface area contributed by atoms with E-state index in [9.17, 15) is 0 Å². The zero-order valence-electron chi connectivity index (χ0n) is 13.0. The lowest BCUT2D eigenvalue weighted by molar-refractivity contribution is 0.312. The van der Waals surface area contributed by atoms with Crippen molar-refractivity contribution in [3.63, 3.8) is 0 Å². The zero-order valence-corrected chi connectivity index (χ0v) is 15.4. The van der Waals surface area contributed by atoms with Crippen molar-refractivity contribution >= 4 is 27.7 Å². The molecule has 0 aliphatic carbocycles. The molecule has 0 saturated carbocycles. The molecule has 0 aliphatic heterocycles. The highest BCUT2D eigenvalue weighted by atomic mass is 79.9. The van der Waals surface area contributed by atoms with E-state index in [-0.39, 0.29) is 0 Å². The van der Waals surface area contributed by atoms with Gasteiger partial charge in [0.05, 0.1) is 6.61 Å². The third-order valence-corrected chi connectivity index (χ3v) is 4.34. The van der Waals surface area contributed by atoms with E-state index in [2.05, 4.69) is 61.1 Å². The molecule has 0 atom stereocenters. The van der Waals surface area contributed by atoms with Gasteiger partial charge >= 0.3 is 0 Å². The third-order valence-electron chi connectivity index (χ3n) is 2.90. The van der Waals surface area contributed by atoms with Gasteiger partial charge in [0.2, 0.25) is 0 Å². The molecule has 0 aromatic heterocycles. The number of hydrogen-bond donors (Lipinski definition) is 1. The van der Waals surface area contributed by atoms with Crippen molar-refractivity contribution in [3.05, 3.63) is 27.7 Å². The number of ether oxygens (including phenoxy) is 1. The van der Waals surface area contributed by atoms with Gasteiger partial charge in [0.15, 0.2) is 0 Å². The van der Waals surface area contributed by atoms with Crippen LogP contribution < -0.4 is 10.1 Å². The summed E-state index contributed by atoms with van der Waals surface area (Å²) in [4.78, 5) is 0. The molecule has 0 spiro atoms. The normalized spacial score (nSPS) is 11.1. The zero-order chi connectivity index (χ0) is 15.0. The second-order valence-corrected chi connectivity index (χ2v) is 7.45. The van der Waals surface area contributed by atoms with Crippen LogP contribution in [-0.2, 0) is 6.54 Å². The van der Waals surface area contributed by atoms with E-state index in [1.54, 1.807) is 0 Å². The smallest absolute Gasteiger partial charge is 0.126 e. The maximum absolute atomic E-state index is 6.03. The molecule has 0 fully saturated rings. The Bertz CT molecular complexity index is 410. The average molecular weight is 360 g/mol. The van der Waals surface area contributed by atoms with Gasteiger partial charge in [0, 0.05) is 22.6 Å². The first-order chi connectivity index (χ1) is 9.54. The first-order valence-corrected chi connectivity index (χ1v) is 9.22. The van der Waals surface area contributed by atoms with Crippen molar-refractivity contribution in [3.8, 4) is 5.75 Å². The highest BCUT2D eigenvalue weighted by molar-refractivity contribution is 9.10. The highest BCUT2D eigenvalue weighted by Gasteiger charge is 2.09. The lowest BCUT2D eigenvalue weighted by Gasteiger charge is -2.16. The van der Waals surface area contributed by atoms with Crippen LogP contribution in [0.25, 0.3) is 0 Å².